The average molecular weight is 441 g/mol. The number of aromatic nitrogens is 1. The highest BCUT2D eigenvalue weighted by molar-refractivity contribution is 7.89. The summed E-state index contributed by atoms with van der Waals surface area (Å²) in [6, 6.07) is 14.0. The van der Waals surface area contributed by atoms with Crippen molar-refractivity contribution in [3.8, 4) is 0 Å². The number of ether oxygens (including phenoxy) is 1. The predicted octanol–water partition coefficient (Wildman–Crippen LogP) is 3.48. The van der Waals surface area contributed by atoms with E-state index in [0.717, 1.165) is 5.56 Å². The molecule has 2 heterocycles. The van der Waals surface area contributed by atoms with Gasteiger partial charge < -0.3 is 4.74 Å². The van der Waals surface area contributed by atoms with Crippen molar-refractivity contribution < 1.29 is 22.7 Å². The van der Waals surface area contributed by atoms with E-state index in [2.05, 4.69) is 0 Å². The maximum atomic E-state index is 13.2. The first-order valence-corrected chi connectivity index (χ1v) is 11.6. The van der Waals surface area contributed by atoms with E-state index in [1.807, 2.05) is 13.0 Å². The Labute approximate surface area is 181 Å². The van der Waals surface area contributed by atoms with Crippen molar-refractivity contribution >= 4 is 32.8 Å². The number of benzene rings is 2. The summed E-state index contributed by atoms with van der Waals surface area (Å²) in [7, 11) is -2.28. The van der Waals surface area contributed by atoms with Crippen LogP contribution < -0.4 is 0 Å². The van der Waals surface area contributed by atoms with Crippen molar-refractivity contribution in [2.24, 2.45) is 5.92 Å². The number of nitrogens with zero attached hydrogens (tertiary/aromatic N) is 2. The van der Waals surface area contributed by atoms with Gasteiger partial charge in [0.2, 0.25) is 15.9 Å². The molecular weight excluding hydrogens is 416 g/mol. The number of carbonyl (C=O) groups excluding carboxylic acids is 2. The molecule has 1 fully saturated rings. The number of hydrogen-bond donors (Lipinski definition) is 0. The summed E-state index contributed by atoms with van der Waals surface area (Å²) in [4.78, 5) is 25.6. The van der Waals surface area contributed by atoms with E-state index in [-0.39, 0.29) is 29.8 Å². The maximum absolute atomic E-state index is 13.2. The Bertz CT molecular complexity index is 1240. The molecule has 0 bridgehead atoms. The first kappa shape index (κ1) is 21.3. The maximum Gasteiger partial charge on any atom is 0.340 e. The van der Waals surface area contributed by atoms with Gasteiger partial charge in [-0.15, -0.1) is 0 Å². The van der Waals surface area contributed by atoms with Crippen molar-refractivity contribution in [3.63, 3.8) is 0 Å². The Morgan fingerprint density at radius 2 is 1.65 bits per heavy atom. The molecule has 0 saturated carbocycles. The van der Waals surface area contributed by atoms with Crippen molar-refractivity contribution in [1.29, 1.82) is 0 Å². The van der Waals surface area contributed by atoms with Crippen LogP contribution in [0, 0.1) is 12.8 Å². The highest BCUT2D eigenvalue weighted by Gasteiger charge is 2.33. The van der Waals surface area contributed by atoms with Crippen LogP contribution in [0.2, 0.25) is 0 Å². The molecule has 3 aromatic rings. The first-order chi connectivity index (χ1) is 14.8. The molecule has 0 atom stereocenters. The lowest BCUT2D eigenvalue weighted by molar-refractivity contribution is 0.0603. The molecule has 0 spiro atoms. The minimum atomic E-state index is -3.58. The van der Waals surface area contributed by atoms with E-state index in [0.29, 0.717) is 29.3 Å². The summed E-state index contributed by atoms with van der Waals surface area (Å²) >= 11 is 0. The topological polar surface area (TPSA) is 85.7 Å². The van der Waals surface area contributed by atoms with E-state index in [1.165, 1.54) is 22.2 Å². The second kappa shape index (κ2) is 8.28. The first-order valence-electron chi connectivity index (χ1n) is 10.1. The Kier molecular flexibility index (Phi) is 5.68. The largest absolute Gasteiger partial charge is 0.465 e. The number of fused-ring (bicyclic) bond motifs is 1. The molecule has 1 aromatic heterocycles. The standard InChI is InChI=1S/C23H24N2O5S/c1-16-7-9-18(10-8-16)31(28,29)24-13-11-17(12-14-24)22(26)25-15-20(23(27)30-2)19-5-3-4-6-21(19)25/h3-10,15,17H,11-14H2,1-2H3. The number of piperidine rings is 1. The van der Waals surface area contributed by atoms with Gasteiger partial charge in [0, 0.05) is 30.6 Å². The van der Waals surface area contributed by atoms with Crippen molar-refractivity contribution in [2.75, 3.05) is 20.2 Å². The number of sulfonamides is 1. The van der Waals surface area contributed by atoms with Crippen LogP contribution in [0.5, 0.6) is 0 Å². The molecule has 1 aliphatic heterocycles. The third-order valence-corrected chi connectivity index (χ3v) is 7.73. The van der Waals surface area contributed by atoms with Gasteiger partial charge in [0.05, 0.1) is 23.1 Å². The van der Waals surface area contributed by atoms with E-state index in [4.69, 9.17) is 4.74 Å². The number of rotatable bonds is 4. The van der Waals surface area contributed by atoms with Crippen LogP contribution >= 0.6 is 0 Å². The quantitative estimate of drug-likeness (QED) is 0.580. The summed E-state index contributed by atoms with van der Waals surface area (Å²) in [5.41, 5.74) is 1.97. The van der Waals surface area contributed by atoms with Gasteiger partial charge in [-0.2, -0.15) is 4.31 Å². The van der Waals surface area contributed by atoms with Crippen molar-refractivity contribution in [1.82, 2.24) is 8.87 Å². The molecule has 7 nitrogen and oxygen atoms in total. The van der Waals surface area contributed by atoms with Crippen LogP contribution in [0.1, 0.15) is 33.6 Å². The number of aryl methyl sites for hydroxylation is 1. The SMILES string of the molecule is COC(=O)c1cn(C(=O)C2CCN(S(=O)(=O)c3ccc(C)cc3)CC2)c2ccccc12. The third-order valence-electron chi connectivity index (χ3n) is 5.82. The second-order valence-corrected chi connectivity index (χ2v) is 9.69. The molecule has 2 aromatic carbocycles. The van der Waals surface area contributed by atoms with Gasteiger partial charge in [-0.1, -0.05) is 35.9 Å². The van der Waals surface area contributed by atoms with E-state index in [9.17, 15) is 18.0 Å². The van der Waals surface area contributed by atoms with Crippen LogP contribution in [0.25, 0.3) is 10.9 Å². The van der Waals surface area contributed by atoms with Gasteiger partial charge >= 0.3 is 5.97 Å². The fourth-order valence-electron chi connectivity index (χ4n) is 4.03. The average Bonchev–Trinajstić information content (AvgIpc) is 3.18. The van der Waals surface area contributed by atoms with Crippen LogP contribution in [-0.2, 0) is 14.8 Å². The van der Waals surface area contributed by atoms with Crippen LogP contribution in [0.4, 0.5) is 0 Å². The number of hydrogen-bond acceptors (Lipinski definition) is 5. The lowest BCUT2D eigenvalue weighted by Crippen LogP contribution is -2.41. The van der Waals surface area contributed by atoms with E-state index < -0.39 is 16.0 Å². The Balaban J connectivity index is 1.54. The summed E-state index contributed by atoms with van der Waals surface area (Å²) in [6.45, 7) is 2.45. The van der Waals surface area contributed by atoms with Crippen LogP contribution in [0.3, 0.4) is 0 Å². The van der Waals surface area contributed by atoms with E-state index >= 15 is 0 Å². The van der Waals surface area contributed by atoms with Crippen LogP contribution in [-0.4, -0.2) is 49.4 Å². The van der Waals surface area contributed by atoms with Gasteiger partial charge in [-0.05, 0) is 38.0 Å². The minimum absolute atomic E-state index is 0.140. The molecule has 1 aliphatic rings. The molecule has 0 amide bonds. The van der Waals surface area contributed by atoms with Gasteiger partial charge in [0.15, 0.2) is 0 Å². The molecule has 8 heteroatoms. The van der Waals surface area contributed by atoms with Gasteiger partial charge in [-0.3, -0.25) is 9.36 Å². The fraction of sp³-hybridized carbons (Fsp3) is 0.304. The predicted molar refractivity (Wildman–Crippen MR) is 117 cm³/mol. The molecular formula is C23H24N2O5S. The Morgan fingerprint density at radius 1 is 1.00 bits per heavy atom. The number of esters is 1. The molecule has 4 rings (SSSR count). The molecule has 0 N–H and O–H groups in total. The van der Waals surface area contributed by atoms with Crippen molar-refractivity contribution in [2.45, 2.75) is 24.7 Å². The third kappa shape index (κ3) is 3.88. The summed E-state index contributed by atoms with van der Waals surface area (Å²) in [5, 5.41) is 0.655. The Morgan fingerprint density at radius 3 is 2.29 bits per heavy atom. The van der Waals surface area contributed by atoms with Gasteiger partial charge in [-0.25, -0.2) is 13.2 Å². The highest BCUT2D eigenvalue weighted by atomic mass is 32.2. The summed E-state index contributed by atoms with van der Waals surface area (Å²) < 4.78 is 33.6. The van der Waals surface area contributed by atoms with Gasteiger partial charge in [0.25, 0.3) is 0 Å². The molecule has 0 radical (unpaired) electrons. The molecule has 162 valence electrons. The van der Waals surface area contributed by atoms with Crippen molar-refractivity contribution in [3.05, 3.63) is 65.9 Å². The molecule has 0 aliphatic carbocycles. The fourth-order valence-corrected chi connectivity index (χ4v) is 5.50. The zero-order valence-electron chi connectivity index (χ0n) is 17.4. The normalized spacial score (nSPS) is 15.8. The summed E-state index contributed by atoms with van der Waals surface area (Å²) in [6.07, 6.45) is 2.36. The highest BCUT2D eigenvalue weighted by Crippen LogP contribution is 2.28. The van der Waals surface area contributed by atoms with E-state index in [1.54, 1.807) is 42.5 Å². The zero-order valence-corrected chi connectivity index (χ0v) is 18.3. The Hall–Kier alpha value is -2.97. The number of para-hydroxylation sites is 1. The molecule has 31 heavy (non-hydrogen) atoms. The second-order valence-electron chi connectivity index (χ2n) is 7.75. The number of carbonyl (C=O) groups is 2. The lowest BCUT2D eigenvalue weighted by Gasteiger charge is -2.30. The smallest absolute Gasteiger partial charge is 0.340 e. The van der Waals surface area contributed by atoms with Crippen LogP contribution in [0.15, 0.2) is 59.6 Å². The van der Waals surface area contributed by atoms with Gasteiger partial charge in [0.1, 0.15) is 0 Å². The monoisotopic (exact) mass is 440 g/mol. The molecule has 0 unspecified atom stereocenters. The lowest BCUT2D eigenvalue weighted by atomic mass is 9.97. The number of methoxy groups -OCH3 is 1. The zero-order chi connectivity index (χ0) is 22.2. The minimum Gasteiger partial charge on any atom is -0.465 e. The molecule has 1 saturated heterocycles. The summed E-state index contributed by atoms with van der Waals surface area (Å²) in [5.74, 6) is -0.966.